The zero-order valence-electron chi connectivity index (χ0n) is 18.3. The first-order valence-corrected chi connectivity index (χ1v) is 10.3. The molecule has 3 aromatic heterocycles. The maximum Gasteiger partial charge on any atom is 0.269 e. The molecule has 0 aliphatic rings. The predicted molar refractivity (Wildman–Crippen MR) is 126 cm³/mol. The van der Waals surface area contributed by atoms with Gasteiger partial charge >= 0.3 is 0 Å². The molecule has 1 aromatic carbocycles. The quantitative estimate of drug-likeness (QED) is 0.337. The molecule has 10 nitrogen and oxygen atoms in total. The van der Waals surface area contributed by atoms with Gasteiger partial charge in [-0.15, -0.1) is 10.2 Å². The van der Waals surface area contributed by atoms with Crippen molar-refractivity contribution in [1.82, 2.24) is 30.3 Å². The molecule has 0 fully saturated rings. The normalized spacial score (nSPS) is 10.5. The van der Waals surface area contributed by atoms with E-state index in [-0.39, 0.29) is 5.91 Å². The maximum absolute atomic E-state index is 12.6. The average molecular weight is 444 g/mol. The molecule has 0 spiro atoms. The zero-order valence-corrected chi connectivity index (χ0v) is 18.3. The number of amides is 1. The summed E-state index contributed by atoms with van der Waals surface area (Å²) in [5.74, 6) is 1.76. The van der Waals surface area contributed by atoms with Gasteiger partial charge in [0.05, 0.1) is 24.7 Å². The van der Waals surface area contributed by atoms with E-state index in [0.717, 1.165) is 17.0 Å². The third-order valence-corrected chi connectivity index (χ3v) is 4.79. The molecule has 0 bridgehead atoms. The number of hydrogen-bond acceptors (Lipinski definition) is 8. The number of methoxy groups -OCH3 is 1. The Hall–Kier alpha value is -4.47. The number of carbonyl (C=O) groups excluding carboxylic acids is 1. The van der Waals surface area contributed by atoms with E-state index in [1.165, 1.54) is 0 Å². The molecule has 3 N–H and O–H groups in total. The van der Waals surface area contributed by atoms with Crippen molar-refractivity contribution >= 4 is 23.2 Å². The van der Waals surface area contributed by atoms with Crippen LogP contribution in [-0.4, -0.2) is 51.1 Å². The standard InChI is InChI=1S/C23H24N8O2/c1-31-20(14-19(30-31)16-5-3-7-18(13-16)33-2)23(32)26-12-11-25-21-8-9-22(29-28-21)27-17-6-4-10-24-15-17/h3-10,13-15H,11-12H2,1-2H3,(H,25,28)(H,26,32)(H,27,29). The summed E-state index contributed by atoms with van der Waals surface area (Å²) in [6.45, 7) is 0.909. The monoisotopic (exact) mass is 444 g/mol. The van der Waals surface area contributed by atoms with Gasteiger partial charge in [-0.3, -0.25) is 14.5 Å². The van der Waals surface area contributed by atoms with Gasteiger partial charge in [-0.25, -0.2) is 0 Å². The van der Waals surface area contributed by atoms with Gasteiger partial charge in [-0.1, -0.05) is 12.1 Å². The fourth-order valence-electron chi connectivity index (χ4n) is 3.14. The summed E-state index contributed by atoms with van der Waals surface area (Å²) in [6, 6.07) is 16.7. The van der Waals surface area contributed by atoms with Gasteiger partial charge in [0, 0.05) is 31.9 Å². The van der Waals surface area contributed by atoms with Crippen LogP contribution in [0.5, 0.6) is 5.75 Å². The Morgan fingerprint density at radius 2 is 1.88 bits per heavy atom. The Labute approximate surface area is 191 Å². The van der Waals surface area contributed by atoms with Gasteiger partial charge < -0.3 is 20.7 Å². The molecule has 4 rings (SSSR count). The highest BCUT2D eigenvalue weighted by Gasteiger charge is 2.14. The molecule has 0 saturated heterocycles. The van der Waals surface area contributed by atoms with E-state index < -0.39 is 0 Å². The number of nitrogens with zero attached hydrogens (tertiary/aromatic N) is 5. The first kappa shape index (κ1) is 21.8. The van der Waals surface area contributed by atoms with E-state index in [0.29, 0.717) is 36.1 Å². The Bertz CT molecular complexity index is 1210. The largest absolute Gasteiger partial charge is 0.497 e. The van der Waals surface area contributed by atoms with Gasteiger partial charge in [-0.2, -0.15) is 5.10 Å². The molecule has 168 valence electrons. The molecule has 0 atom stereocenters. The minimum absolute atomic E-state index is 0.206. The third kappa shape index (κ3) is 5.62. The Kier molecular flexibility index (Phi) is 6.74. The fourth-order valence-corrected chi connectivity index (χ4v) is 3.14. The number of hydrogen-bond donors (Lipinski definition) is 3. The summed E-state index contributed by atoms with van der Waals surface area (Å²) >= 11 is 0. The van der Waals surface area contributed by atoms with Crippen molar-refractivity contribution in [3.8, 4) is 17.0 Å². The van der Waals surface area contributed by atoms with Crippen molar-refractivity contribution in [1.29, 1.82) is 0 Å². The van der Waals surface area contributed by atoms with E-state index in [9.17, 15) is 4.79 Å². The lowest BCUT2D eigenvalue weighted by Crippen LogP contribution is -2.30. The Morgan fingerprint density at radius 1 is 1.03 bits per heavy atom. The molecule has 0 aliphatic carbocycles. The Balaban J connectivity index is 1.27. The second kappa shape index (κ2) is 10.2. The first-order valence-electron chi connectivity index (χ1n) is 10.3. The number of anilines is 3. The van der Waals surface area contributed by atoms with Gasteiger partial charge in [0.15, 0.2) is 5.82 Å². The molecule has 0 saturated carbocycles. The lowest BCUT2D eigenvalue weighted by Gasteiger charge is -2.08. The van der Waals surface area contributed by atoms with Crippen LogP contribution in [0.1, 0.15) is 10.5 Å². The molecule has 0 unspecified atom stereocenters. The van der Waals surface area contributed by atoms with Crippen molar-refractivity contribution in [2.24, 2.45) is 7.05 Å². The smallest absolute Gasteiger partial charge is 0.269 e. The zero-order chi connectivity index (χ0) is 23.0. The molecular formula is C23H24N8O2. The van der Waals surface area contributed by atoms with Crippen molar-refractivity contribution in [3.05, 3.63) is 72.7 Å². The summed E-state index contributed by atoms with van der Waals surface area (Å²) in [5, 5.41) is 21.9. The third-order valence-electron chi connectivity index (χ3n) is 4.79. The lowest BCUT2D eigenvalue weighted by molar-refractivity contribution is 0.0946. The maximum atomic E-state index is 12.6. The van der Waals surface area contributed by atoms with Crippen LogP contribution in [-0.2, 0) is 7.05 Å². The summed E-state index contributed by atoms with van der Waals surface area (Å²) in [4.78, 5) is 16.6. The number of benzene rings is 1. The van der Waals surface area contributed by atoms with Crippen LogP contribution in [0.3, 0.4) is 0 Å². The topological polar surface area (TPSA) is 119 Å². The summed E-state index contributed by atoms with van der Waals surface area (Å²) in [6.07, 6.45) is 3.41. The van der Waals surface area contributed by atoms with Crippen LogP contribution in [0, 0.1) is 0 Å². The van der Waals surface area contributed by atoms with Crippen molar-refractivity contribution in [2.45, 2.75) is 0 Å². The van der Waals surface area contributed by atoms with E-state index in [1.807, 2.05) is 48.5 Å². The van der Waals surface area contributed by atoms with Gasteiger partial charge in [-0.05, 0) is 42.5 Å². The van der Waals surface area contributed by atoms with Gasteiger partial charge in [0.25, 0.3) is 5.91 Å². The van der Waals surface area contributed by atoms with Crippen LogP contribution < -0.4 is 20.7 Å². The minimum Gasteiger partial charge on any atom is -0.497 e. The van der Waals surface area contributed by atoms with Gasteiger partial charge in [0.1, 0.15) is 17.3 Å². The fraction of sp³-hybridized carbons (Fsp3) is 0.174. The molecular weight excluding hydrogens is 420 g/mol. The summed E-state index contributed by atoms with van der Waals surface area (Å²) < 4.78 is 6.83. The molecule has 0 aliphatic heterocycles. The van der Waals surface area contributed by atoms with E-state index in [1.54, 1.807) is 37.3 Å². The second-order valence-electron chi connectivity index (χ2n) is 7.12. The van der Waals surface area contributed by atoms with Crippen molar-refractivity contribution in [3.63, 3.8) is 0 Å². The van der Waals surface area contributed by atoms with Crippen LogP contribution in [0.25, 0.3) is 11.3 Å². The van der Waals surface area contributed by atoms with Gasteiger partial charge in [0.2, 0.25) is 0 Å². The van der Waals surface area contributed by atoms with E-state index >= 15 is 0 Å². The molecule has 0 radical (unpaired) electrons. The van der Waals surface area contributed by atoms with E-state index in [4.69, 9.17) is 4.74 Å². The van der Waals surface area contributed by atoms with E-state index in [2.05, 4.69) is 36.2 Å². The second-order valence-corrected chi connectivity index (χ2v) is 7.12. The number of aryl methyl sites for hydroxylation is 1. The number of ether oxygens (including phenoxy) is 1. The first-order chi connectivity index (χ1) is 16.1. The van der Waals surface area contributed by atoms with Crippen molar-refractivity contribution in [2.75, 3.05) is 30.8 Å². The van der Waals surface area contributed by atoms with Crippen LogP contribution in [0.4, 0.5) is 17.3 Å². The number of rotatable bonds is 9. The van der Waals surface area contributed by atoms with Crippen LogP contribution >= 0.6 is 0 Å². The van der Waals surface area contributed by atoms with Crippen LogP contribution in [0.2, 0.25) is 0 Å². The molecule has 33 heavy (non-hydrogen) atoms. The number of pyridine rings is 1. The number of nitrogens with one attached hydrogen (secondary N) is 3. The Morgan fingerprint density at radius 3 is 2.64 bits per heavy atom. The highest BCUT2D eigenvalue weighted by atomic mass is 16.5. The average Bonchev–Trinajstić information content (AvgIpc) is 3.25. The lowest BCUT2D eigenvalue weighted by atomic mass is 10.1. The molecule has 10 heteroatoms. The summed E-state index contributed by atoms with van der Waals surface area (Å²) in [7, 11) is 3.36. The number of carbonyl (C=O) groups is 1. The SMILES string of the molecule is COc1cccc(-c2cc(C(=O)NCCNc3ccc(Nc4cccnc4)nn3)n(C)n2)c1. The highest BCUT2D eigenvalue weighted by Crippen LogP contribution is 2.23. The van der Waals surface area contributed by atoms with Crippen molar-refractivity contribution < 1.29 is 9.53 Å². The molecule has 3 heterocycles. The summed E-state index contributed by atoms with van der Waals surface area (Å²) in [5.41, 5.74) is 2.89. The minimum atomic E-state index is -0.206. The molecule has 4 aromatic rings. The highest BCUT2D eigenvalue weighted by molar-refractivity contribution is 5.93. The number of aromatic nitrogens is 5. The predicted octanol–water partition coefficient (Wildman–Crippen LogP) is 2.87. The molecule has 1 amide bonds. The van der Waals surface area contributed by atoms with Crippen LogP contribution in [0.15, 0.2) is 67.0 Å².